The van der Waals surface area contributed by atoms with Crippen molar-refractivity contribution in [3.63, 3.8) is 0 Å². The van der Waals surface area contributed by atoms with Crippen LogP contribution in [0.1, 0.15) is 0 Å². The molecule has 20 heavy (non-hydrogen) atoms. The van der Waals surface area contributed by atoms with Crippen molar-refractivity contribution in [2.75, 3.05) is 18.2 Å². The topological polar surface area (TPSA) is 49.6 Å². The highest BCUT2D eigenvalue weighted by atomic mass is 32.2. The molecule has 0 radical (unpaired) electrons. The van der Waals surface area contributed by atoms with Crippen LogP contribution in [0, 0.1) is 0 Å². The fourth-order valence-electron chi connectivity index (χ4n) is 1.58. The van der Waals surface area contributed by atoms with Crippen LogP contribution in [0.3, 0.4) is 0 Å². The molecule has 0 fully saturated rings. The number of nitrogens with zero attached hydrogens (tertiary/aromatic N) is 2. The van der Waals surface area contributed by atoms with Gasteiger partial charge in [-0.2, -0.15) is 0 Å². The fraction of sp³-hybridized carbons (Fsp3) is 0.143. The number of anilines is 1. The Balaban J connectivity index is 2.38. The van der Waals surface area contributed by atoms with Crippen LogP contribution < -0.4 is 9.58 Å². The van der Waals surface area contributed by atoms with Crippen molar-refractivity contribution in [1.29, 1.82) is 0 Å². The van der Waals surface area contributed by atoms with E-state index in [0.717, 1.165) is 10.6 Å². The third-order valence-electron chi connectivity index (χ3n) is 2.75. The first kappa shape index (κ1) is 15.1. The molecule has 1 atom stereocenters. The molecule has 2 aromatic rings. The third-order valence-corrected chi connectivity index (χ3v) is 6.46. The molecule has 2 aromatic carbocycles. The zero-order chi connectivity index (χ0) is 14.6. The van der Waals surface area contributed by atoms with Crippen molar-refractivity contribution in [2.45, 2.75) is 4.90 Å². The lowest BCUT2D eigenvalue weighted by atomic mass is 10.3. The van der Waals surface area contributed by atoms with Gasteiger partial charge in [-0.05, 0) is 50.3 Å². The lowest BCUT2D eigenvalue weighted by molar-refractivity contribution is 0.517. The van der Waals surface area contributed by atoms with E-state index >= 15 is 0 Å². The van der Waals surface area contributed by atoms with Gasteiger partial charge in [-0.15, -0.1) is 0 Å². The number of para-hydroxylation sites is 1. The van der Waals surface area contributed by atoms with Gasteiger partial charge in [0.2, 0.25) is 0 Å². The van der Waals surface area contributed by atoms with Crippen LogP contribution in [-0.4, -0.2) is 18.8 Å². The largest absolute Gasteiger partial charge is 0.315 e. The highest BCUT2D eigenvalue weighted by Gasteiger charge is 2.30. The second kappa shape index (κ2) is 6.46. The standard InChI is InChI=1S/C14H18N3OPS/c1-16(2)19(15,18)17(13-9-5-3-6-10-13)20-14-11-7-4-8-12-14/h3-12H,1-2H3,(H2,15,18). The average molecular weight is 307 g/mol. The molecule has 0 aromatic heterocycles. The quantitative estimate of drug-likeness (QED) is 0.672. The summed E-state index contributed by atoms with van der Waals surface area (Å²) in [6.45, 7) is 0. The molecule has 1 unspecified atom stereocenters. The van der Waals surface area contributed by atoms with E-state index in [1.807, 2.05) is 60.7 Å². The van der Waals surface area contributed by atoms with E-state index in [4.69, 9.17) is 5.50 Å². The fourth-order valence-corrected chi connectivity index (χ4v) is 4.26. The summed E-state index contributed by atoms with van der Waals surface area (Å²) in [6.07, 6.45) is 0. The highest BCUT2D eigenvalue weighted by Crippen LogP contribution is 2.52. The Morgan fingerprint density at radius 1 is 0.950 bits per heavy atom. The van der Waals surface area contributed by atoms with Gasteiger partial charge in [-0.3, -0.25) is 10.1 Å². The molecule has 106 valence electrons. The molecule has 0 spiro atoms. The van der Waals surface area contributed by atoms with Gasteiger partial charge in [-0.1, -0.05) is 36.4 Å². The monoisotopic (exact) mass is 307 g/mol. The zero-order valence-electron chi connectivity index (χ0n) is 11.5. The molecule has 2 N–H and O–H groups in total. The normalized spacial score (nSPS) is 14.0. The minimum atomic E-state index is -3.13. The lowest BCUT2D eigenvalue weighted by Gasteiger charge is -2.32. The van der Waals surface area contributed by atoms with E-state index in [0.29, 0.717) is 0 Å². The van der Waals surface area contributed by atoms with Gasteiger partial charge in [0, 0.05) is 4.90 Å². The van der Waals surface area contributed by atoms with Gasteiger partial charge in [-0.25, -0.2) is 8.75 Å². The number of benzene rings is 2. The summed E-state index contributed by atoms with van der Waals surface area (Å²) in [5.74, 6) is 0. The smallest absolute Gasteiger partial charge is 0.263 e. The van der Waals surface area contributed by atoms with Gasteiger partial charge in [0.25, 0.3) is 0 Å². The molecular formula is C14H18N3OPS. The molecule has 0 heterocycles. The summed E-state index contributed by atoms with van der Waals surface area (Å²) in [4.78, 5) is 0.990. The Kier molecular flexibility index (Phi) is 4.89. The molecule has 2 rings (SSSR count). The molecule has 0 aliphatic carbocycles. The second-order valence-electron chi connectivity index (χ2n) is 4.45. The predicted octanol–water partition coefficient (Wildman–Crippen LogP) is 3.83. The first-order valence-electron chi connectivity index (χ1n) is 6.17. The van der Waals surface area contributed by atoms with Crippen LogP contribution >= 0.6 is 19.5 Å². The molecule has 0 aliphatic heterocycles. The predicted molar refractivity (Wildman–Crippen MR) is 86.7 cm³/mol. The number of hydrogen-bond acceptors (Lipinski definition) is 2. The molecular weight excluding hydrogens is 289 g/mol. The Bertz CT molecular complexity index is 592. The van der Waals surface area contributed by atoms with E-state index < -0.39 is 7.59 Å². The van der Waals surface area contributed by atoms with Crippen LogP contribution in [-0.2, 0) is 4.57 Å². The van der Waals surface area contributed by atoms with Crippen molar-refractivity contribution in [3.05, 3.63) is 60.7 Å². The summed E-state index contributed by atoms with van der Waals surface area (Å²) < 4.78 is 16.1. The second-order valence-corrected chi connectivity index (χ2v) is 8.12. The van der Waals surface area contributed by atoms with E-state index in [2.05, 4.69) is 0 Å². The highest BCUT2D eigenvalue weighted by molar-refractivity contribution is 8.07. The first-order chi connectivity index (χ1) is 9.51. The summed E-state index contributed by atoms with van der Waals surface area (Å²) in [6, 6.07) is 19.3. The molecule has 0 bridgehead atoms. The van der Waals surface area contributed by atoms with Crippen molar-refractivity contribution in [2.24, 2.45) is 5.50 Å². The molecule has 6 heteroatoms. The van der Waals surface area contributed by atoms with Crippen LogP contribution in [0.4, 0.5) is 5.69 Å². The third kappa shape index (κ3) is 3.44. The first-order valence-corrected chi connectivity index (χ1v) is 8.62. The molecule has 0 saturated heterocycles. The average Bonchev–Trinajstić information content (AvgIpc) is 2.46. The van der Waals surface area contributed by atoms with Crippen LogP contribution in [0.15, 0.2) is 65.6 Å². The Morgan fingerprint density at radius 2 is 1.45 bits per heavy atom. The number of nitrogens with two attached hydrogens (primary N) is 1. The molecule has 0 aliphatic rings. The molecule has 0 amide bonds. The molecule has 0 saturated carbocycles. The Morgan fingerprint density at radius 3 is 1.95 bits per heavy atom. The van der Waals surface area contributed by atoms with Crippen LogP contribution in [0.25, 0.3) is 0 Å². The molecule has 4 nitrogen and oxygen atoms in total. The van der Waals surface area contributed by atoms with Gasteiger partial charge in [0.15, 0.2) is 0 Å². The number of rotatable bonds is 5. The van der Waals surface area contributed by atoms with E-state index in [-0.39, 0.29) is 0 Å². The van der Waals surface area contributed by atoms with Crippen molar-refractivity contribution < 1.29 is 4.57 Å². The van der Waals surface area contributed by atoms with Crippen LogP contribution in [0.5, 0.6) is 0 Å². The van der Waals surface area contributed by atoms with Crippen LogP contribution in [0.2, 0.25) is 0 Å². The van der Waals surface area contributed by atoms with Crippen molar-refractivity contribution >= 4 is 25.2 Å². The summed E-state index contributed by atoms with van der Waals surface area (Å²) in [7, 11) is 0.317. The maximum atomic E-state index is 12.8. The summed E-state index contributed by atoms with van der Waals surface area (Å²) in [5.41, 5.74) is 6.89. The van der Waals surface area contributed by atoms with Crippen molar-refractivity contribution in [1.82, 2.24) is 4.67 Å². The summed E-state index contributed by atoms with van der Waals surface area (Å²) in [5, 5.41) is 0. The van der Waals surface area contributed by atoms with Gasteiger partial charge in [0.05, 0.1) is 5.69 Å². The van der Waals surface area contributed by atoms with E-state index in [9.17, 15) is 4.57 Å². The lowest BCUT2D eigenvalue weighted by Crippen LogP contribution is -2.27. The maximum Gasteiger partial charge on any atom is 0.315 e. The number of hydrogen-bond donors (Lipinski definition) is 1. The van der Waals surface area contributed by atoms with Gasteiger partial charge < -0.3 is 0 Å². The van der Waals surface area contributed by atoms with Crippen molar-refractivity contribution in [3.8, 4) is 0 Å². The zero-order valence-corrected chi connectivity index (χ0v) is 13.2. The Labute approximate surface area is 124 Å². The minimum Gasteiger partial charge on any atom is -0.263 e. The summed E-state index contributed by atoms with van der Waals surface area (Å²) >= 11 is 1.38. The SMILES string of the molecule is CN(C)P(N)(=O)N(Sc1ccccc1)c1ccccc1. The van der Waals surface area contributed by atoms with Gasteiger partial charge in [0.1, 0.15) is 0 Å². The van der Waals surface area contributed by atoms with E-state index in [1.165, 1.54) is 11.9 Å². The van der Waals surface area contributed by atoms with E-state index in [1.54, 1.807) is 22.8 Å². The minimum absolute atomic E-state index is 0.820. The maximum absolute atomic E-state index is 12.8. The Hall–Kier alpha value is -1.26. The van der Waals surface area contributed by atoms with Gasteiger partial charge >= 0.3 is 7.59 Å².